The SMILES string of the molecule is CC(C)(C)C(=O)NCCCCCc1nc2ccccc2n1CC(=O)N(Cc1ccccc1)C1CCCCC1. The minimum atomic E-state index is -0.358. The first-order chi connectivity index (χ1) is 18.3. The number of aromatic nitrogens is 2. The molecule has 3 aromatic rings. The summed E-state index contributed by atoms with van der Waals surface area (Å²) in [6, 6.07) is 18.8. The first kappa shape index (κ1) is 27.9. The Morgan fingerprint density at radius 3 is 2.39 bits per heavy atom. The number of carbonyl (C=O) groups is 2. The normalized spacial score (nSPS) is 14.5. The van der Waals surface area contributed by atoms with E-state index < -0.39 is 0 Å². The van der Waals surface area contributed by atoms with Gasteiger partial charge in [-0.3, -0.25) is 9.59 Å². The van der Waals surface area contributed by atoms with Crippen molar-refractivity contribution in [2.45, 2.75) is 97.7 Å². The molecule has 0 spiro atoms. The number of aryl methyl sites for hydroxylation is 1. The molecule has 4 rings (SSSR count). The molecule has 1 aliphatic rings. The van der Waals surface area contributed by atoms with Gasteiger partial charge in [-0.15, -0.1) is 0 Å². The Labute approximate surface area is 227 Å². The number of fused-ring (bicyclic) bond motifs is 1. The van der Waals surface area contributed by atoms with Crippen molar-refractivity contribution in [1.29, 1.82) is 0 Å². The molecule has 1 N–H and O–H groups in total. The van der Waals surface area contributed by atoms with Gasteiger partial charge in [-0.1, -0.05) is 88.9 Å². The first-order valence-electron chi connectivity index (χ1n) is 14.4. The summed E-state index contributed by atoms with van der Waals surface area (Å²) in [6.45, 7) is 7.48. The Morgan fingerprint density at radius 1 is 0.947 bits per heavy atom. The van der Waals surface area contributed by atoms with Crippen LogP contribution in [0.25, 0.3) is 11.0 Å². The molecule has 0 bridgehead atoms. The molecule has 1 aliphatic carbocycles. The third-order valence-electron chi connectivity index (χ3n) is 7.60. The third-order valence-corrected chi connectivity index (χ3v) is 7.60. The average Bonchev–Trinajstić information content (AvgIpc) is 3.26. The predicted molar refractivity (Wildman–Crippen MR) is 154 cm³/mol. The van der Waals surface area contributed by atoms with Crippen LogP contribution in [0, 0.1) is 5.41 Å². The fourth-order valence-corrected chi connectivity index (χ4v) is 5.36. The molecule has 2 amide bonds. The molecule has 0 radical (unpaired) electrons. The van der Waals surface area contributed by atoms with Crippen LogP contribution in [0.15, 0.2) is 54.6 Å². The van der Waals surface area contributed by atoms with E-state index in [0.29, 0.717) is 25.7 Å². The van der Waals surface area contributed by atoms with Crippen molar-refractivity contribution in [2.75, 3.05) is 6.54 Å². The minimum absolute atomic E-state index is 0.0934. The Hall–Kier alpha value is -3.15. The number of nitrogens with one attached hydrogen (secondary N) is 1. The van der Waals surface area contributed by atoms with Crippen LogP contribution in [0.4, 0.5) is 0 Å². The number of hydrogen-bond acceptors (Lipinski definition) is 3. The molecule has 1 saturated carbocycles. The average molecular weight is 517 g/mol. The Kier molecular flexibility index (Phi) is 9.59. The van der Waals surface area contributed by atoms with E-state index >= 15 is 0 Å². The maximum absolute atomic E-state index is 13.9. The zero-order valence-electron chi connectivity index (χ0n) is 23.4. The van der Waals surface area contributed by atoms with Crippen molar-refractivity contribution in [3.63, 3.8) is 0 Å². The van der Waals surface area contributed by atoms with E-state index in [4.69, 9.17) is 4.98 Å². The van der Waals surface area contributed by atoms with Crippen molar-refractivity contribution in [1.82, 2.24) is 19.8 Å². The molecule has 0 saturated heterocycles. The number of hydrogen-bond donors (Lipinski definition) is 1. The number of para-hydroxylation sites is 2. The van der Waals surface area contributed by atoms with E-state index in [-0.39, 0.29) is 17.2 Å². The van der Waals surface area contributed by atoms with Crippen LogP contribution in [-0.4, -0.2) is 38.9 Å². The summed E-state index contributed by atoms with van der Waals surface area (Å²) in [5.41, 5.74) is 2.79. The lowest BCUT2D eigenvalue weighted by molar-refractivity contribution is -0.135. The van der Waals surface area contributed by atoms with Crippen LogP contribution in [0.1, 0.15) is 83.5 Å². The number of benzene rings is 2. The van der Waals surface area contributed by atoms with Crippen molar-refractivity contribution in [2.24, 2.45) is 5.41 Å². The standard InChI is InChI=1S/C32H44N4O2/c1-32(2,3)31(38)33-22-14-6-11-21-29-34-27-19-12-13-20-28(27)36(29)24-30(37)35(26-17-9-5-10-18-26)23-25-15-7-4-8-16-25/h4,7-8,12-13,15-16,19-20,26H,5-6,9-11,14,17-18,21-24H2,1-3H3,(H,33,38). The van der Waals surface area contributed by atoms with E-state index in [1.807, 2.05) is 45.0 Å². The lowest BCUT2D eigenvalue weighted by Crippen LogP contribution is -2.42. The van der Waals surface area contributed by atoms with E-state index in [2.05, 4.69) is 45.1 Å². The van der Waals surface area contributed by atoms with Crippen LogP contribution in [0.2, 0.25) is 0 Å². The maximum atomic E-state index is 13.9. The quantitative estimate of drug-likeness (QED) is 0.305. The fraction of sp³-hybridized carbons (Fsp3) is 0.531. The highest BCUT2D eigenvalue weighted by Gasteiger charge is 2.27. The van der Waals surface area contributed by atoms with Crippen molar-refractivity contribution in [3.05, 3.63) is 66.0 Å². The second kappa shape index (κ2) is 13.1. The highest BCUT2D eigenvalue weighted by Crippen LogP contribution is 2.26. The smallest absolute Gasteiger partial charge is 0.243 e. The summed E-state index contributed by atoms with van der Waals surface area (Å²) in [5.74, 6) is 1.24. The molecule has 1 fully saturated rings. The number of amides is 2. The zero-order valence-corrected chi connectivity index (χ0v) is 23.4. The molecule has 2 aromatic carbocycles. The van der Waals surface area contributed by atoms with Crippen molar-refractivity contribution < 1.29 is 9.59 Å². The van der Waals surface area contributed by atoms with Gasteiger partial charge in [0.15, 0.2) is 0 Å². The highest BCUT2D eigenvalue weighted by atomic mass is 16.2. The topological polar surface area (TPSA) is 67.2 Å². The van der Waals surface area contributed by atoms with Crippen molar-refractivity contribution >= 4 is 22.8 Å². The van der Waals surface area contributed by atoms with E-state index in [1.54, 1.807) is 0 Å². The summed E-state index contributed by atoms with van der Waals surface area (Å²) < 4.78 is 2.14. The molecule has 0 atom stereocenters. The van der Waals surface area contributed by atoms with E-state index in [0.717, 1.165) is 55.4 Å². The summed E-state index contributed by atoms with van der Waals surface area (Å²) >= 11 is 0. The summed E-state index contributed by atoms with van der Waals surface area (Å²) in [6.07, 6.45) is 9.55. The van der Waals surface area contributed by atoms with Gasteiger partial charge in [0.1, 0.15) is 12.4 Å². The Morgan fingerprint density at radius 2 is 1.66 bits per heavy atom. The molecular formula is C32H44N4O2. The summed E-state index contributed by atoms with van der Waals surface area (Å²) in [5, 5.41) is 3.03. The van der Waals surface area contributed by atoms with Gasteiger partial charge >= 0.3 is 0 Å². The van der Waals surface area contributed by atoms with Crippen LogP contribution >= 0.6 is 0 Å². The minimum Gasteiger partial charge on any atom is -0.356 e. The van der Waals surface area contributed by atoms with Gasteiger partial charge in [-0.05, 0) is 43.4 Å². The van der Waals surface area contributed by atoms with E-state index in [1.165, 1.54) is 24.8 Å². The fourth-order valence-electron chi connectivity index (χ4n) is 5.36. The molecule has 0 unspecified atom stereocenters. The second-order valence-corrected chi connectivity index (χ2v) is 11.7. The van der Waals surface area contributed by atoms with Crippen LogP contribution in [0.5, 0.6) is 0 Å². The van der Waals surface area contributed by atoms with Crippen LogP contribution in [-0.2, 0) is 29.1 Å². The largest absolute Gasteiger partial charge is 0.356 e. The molecule has 38 heavy (non-hydrogen) atoms. The third kappa shape index (κ3) is 7.46. The number of carbonyl (C=O) groups excluding carboxylic acids is 2. The van der Waals surface area contributed by atoms with Gasteiger partial charge in [0.05, 0.1) is 11.0 Å². The van der Waals surface area contributed by atoms with Gasteiger partial charge in [0, 0.05) is 31.0 Å². The maximum Gasteiger partial charge on any atom is 0.243 e. The molecular weight excluding hydrogens is 472 g/mol. The number of imidazole rings is 1. The molecule has 6 heteroatoms. The first-order valence-corrected chi connectivity index (χ1v) is 14.4. The monoisotopic (exact) mass is 516 g/mol. The number of rotatable bonds is 11. The summed E-state index contributed by atoms with van der Waals surface area (Å²) in [4.78, 5) is 33.0. The van der Waals surface area contributed by atoms with Gasteiger partial charge in [-0.2, -0.15) is 0 Å². The predicted octanol–water partition coefficient (Wildman–Crippen LogP) is 6.27. The molecule has 204 valence electrons. The molecule has 6 nitrogen and oxygen atoms in total. The summed E-state index contributed by atoms with van der Waals surface area (Å²) in [7, 11) is 0. The number of unbranched alkanes of at least 4 members (excludes halogenated alkanes) is 2. The molecule has 0 aliphatic heterocycles. The van der Waals surface area contributed by atoms with Gasteiger partial charge in [-0.25, -0.2) is 4.98 Å². The molecule has 1 aromatic heterocycles. The van der Waals surface area contributed by atoms with Gasteiger partial charge < -0.3 is 14.8 Å². The van der Waals surface area contributed by atoms with Gasteiger partial charge in [0.2, 0.25) is 11.8 Å². The van der Waals surface area contributed by atoms with E-state index in [9.17, 15) is 9.59 Å². The Balaban J connectivity index is 1.44. The lowest BCUT2D eigenvalue weighted by Gasteiger charge is -2.35. The zero-order chi connectivity index (χ0) is 27.0. The molecule has 1 heterocycles. The Bertz CT molecular complexity index is 1190. The van der Waals surface area contributed by atoms with Crippen LogP contribution in [0.3, 0.4) is 0 Å². The highest BCUT2D eigenvalue weighted by molar-refractivity contribution is 5.82. The lowest BCUT2D eigenvalue weighted by atomic mass is 9.93. The number of nitrogens with zero attached hydrogens (tertiary/aromatic N) is 3. The van der Waals surface area contributed by atoms with Crippen LogP contribution < -0.4 is 5.32 Å². The van der Waals surface area contributed by atoms with Crippen molar-refractivity contribution in [3.8, 4) is 0 Å². The van der Waals surface area contributed by atoms with Gasteiger partial charge in [0.25, 0.3) is 0 Å². The second-order valence-electron chi connectivity index (χ2n) is 11.7.